The summed E-state index contributed by atoms with van der Waals surface area (Å²) in [4.78, 5) is 23.9. The van der Waals surface area contributed by atoms with E-state index in [-0.39, 0.29) is 13.2 Å². The fraction of sp³-hybridized carbons (Fsp3) is 0.833. The van der Waals surface area contributed by atoms with Gasteiger partial charge < -0.3 is 9.64 Å². The number of rotatable bonds is 7. The molecule has 1 amide bonds. The number of ether oxygens (including phenoxy) is 1. The second-order valence-corrected chi connectivity index (χ2v) is 4.49. The summed E-state index contributed by atoms with van der Waals surface area (Å²) in [5.41, 5.74) is 0. The van der Waals surface area contributed by atoms with Crippen LogP contribution in [0.4, 0.5) is 8.78 Å². The van der Waals surface area contributed by atoms with Gasteiger partial charge in [-0.25, -0.2) is 4.79 Å². The van der Waals surface area contributed by atoms with Crippen molar-refractivity contribution in [3.05, 3.63) is 0 Å². The Bertz CT molecular complexity index is 316. The smallest absolute Gasteiger partial charge is 0.419 e. The summed E-state index contributed by atoms with van der Waals surface area (Å²) in [6, 6.07) is 0. The van der Waals surface area contributed by atoms with Crippen molar-refractivity contribution in [3.63, 3.8) is 0 Å². The molecular weight excluding hydrogens is 244 g/mol. The maximum absolute atomic E-state index is 13.6. The summed E-state index contributed by atoms with van der Waals surface area (Å²) >= 11 is 0. The van der Waals surface area contributed by atoms with Gasteiger partial charge in [-0.15, -0.1) is 0 Å². The molecule has 0 aromatic carbocycles. The molecular formula is C12H19F2NO3. The van der Waals surface area contributed by atoms with E-state index in [2.05, 4.69) is 4.74 Å². The number of hydrogen-bond acceptors (Lipinski definition) is 3. The Balaban J connectivity index is 2.69. The van der Waals surface area contributed by atoms with Gasteiger partial charge in [0.05, 0.1) is 6.61 Å². The standard InChI is InChI=1S/C12H19F2NO3/c1-3-7-15(8-9-5-6-9)10(16)12(13,14)11(17)18-4-2/h9H,3-8H2,1-2H3. The fourth-order valence-corrected chi connectivity index (χ4v) is 1.67. The van der Waals surface area contributed by atoms with Crippen molar-refractivity contribution in [1.82, 2.24) is 4.90 Å². The highest BCUT2D eigenvalue weighted by molar-refractivity contribution is 6.04. The lowest BCUT2D eigenvalue weighted by molar-refractivity contribution is -0.182. The van der Waals surface area contributed by atoms with Gasteiger partial charge in [0, 0.05) is 13.1 Å². The molecule has 0 aromatic rings. The summed E-state index contributed by atoms with van der Waals surface area (Å²) in [5.74, 6) is -6.96. The van der Waals surface area contributed by atoms with Gasteiger partial charge in [0.2, 0.25) is 0 Å². The first-order valence-electron chi connectivity index (χ1n) is 6.27. The molecule has 0 aromatic heterocycles. The van der Waals surface area contributed by atoms with E-state index >= 15 is 0 Å². The van der Waals surface area contributed by atoms with Crippen molar-refractivity contribution >= 4 is 11.9 Å². The van der Waals surface area contributed by atoms with Crippen molar-refractivity contribution < 1.29 is 23.1 Å². The SMILES string of the molecule is CCCN(CC1CC1)C(=O)C(F)(F)C(=O)OCC. The fourth-order valence-electron chi connectivity index (χ4n) is 1.67. The van der Waals surface area contributed by atoms with Crippen LogP contribution in [-0.2, 0) is 14.3 Å². The maximum Gasteiger partial charge on any atom is 0.419 e. The van der Waals surface area contributed by atoms with Crippen molar-refractivity contribution in [2.24, 2.45) is 5.92 Å². The van der Waals surface area contributed by atoms with Gasteiger partial charge in [-0.2, -0.15) is 8.78 Å². The molecule has 1 rings (SSSR count). The zero-order valence-electron chi connectivity index (χ0n) is 10.7. The molecule has 0 spiro atoms. The molecule has 6 heteroatoms. The first kappa shape index (κ1) is 14.9. The van der Waals surface area contributed by atoms with Crippen LogP contribution in [0.1, 0.15) is 33.1 Å². The van der Waals surface area contributed by atoms with E-state index in [1.807, 2.05) is 0 Å². The van der Waals surface area contributed by atoms with Gasteiger partial charge in [-0.1, -0.05) is 6.92 Å². The van der Waals surface area contributed by atoms with Crippen LogP contribution >= 0.6 is 0 Å². The van der Waals surface area contributed by atoms with Crippen LogP contribution < -0.4 is 0 Å². The van der Waals surface area contributed by atoms with Crippen molar-refractivity contribution in [2.45, 2.75) is 39.0 Å². The molecule has 1 aliphatic carbocycles. The monoisotopic (exact) mass is 263 g/mol. The van der Waals surface area contributed by atoms with E-state index in [0.29, 0.717) is 18.9 Å². The molecule has 104 valence electrons. The number of esters is 1. The number of carbonyl (C=O) groups excluding carboxylic acids is 2. The molecule has 0 unspecified atom stereocenters. The van der Waals surface area contributed by atoms with Crippen LogP contribution in [0, 0.1) is 5.92 Å². The van der Waals surface area contributed by atoms with Crippen LogP contribution in [0.3, 0.4) is 0 Å². The molecule has 0 saturated heterocycles. The molecule has 4 nitrogen and oxygen atoms in total. The average Bonchev–Trinajstić information content (AvgIpc) is 3.11. The van der Waals surface area contributed by atoms with Gasteiger partial charge in [-0.3, -0.25) is 4.79 Å². The molecule has 0 bridgehead atoms. The summed E-state index contributed by atoms with van der Waals surface area (Å²) in [7, 11) is 0. The van der Waals surface area contributed by atoms with Crippen LogP contribution in [-0.4, -0.2) is 42.4 Å². The van der Waals surface area contributed by atoms with Gasteiger partial charge in [0.15, 0.2) is 0 Å². The number of carbonyl (C=O) groups is 2. The zero-order valence-corrected chi connectivity index (χ0v) is 10.7. The van der Waals surface area contributed by atoms with Gasteiger partial charge in [0.1, 0.15) is 0 Å². The third-order valence-electron chi connectivity index (χ3n) is 2.76. The molecule has 0 atom stereocenters. The highest BCUT2D eigenvalue weighted by Crippen LogP contribution is 2.31. The minimum absolute atomic E-state index is 0.169. The number of nitrogens with zero attached hydrogens (tertiary/aromatic N) is 1. The topological polar surface area (TPSA) is 46.6 Å². The van der Waals surface area contributed by atoms with Crippen LogP contribution in [0.15, 0.2) is 0 Å². The number of alkyl halides is 2. The minimum atomic E-state index is -4.07. The van der Waals surface area contributed by atoms with E-state index in [9.17, 15) is 18.4 Å². The summed E-state index contributed by atoms with van der Waals surface area (Å²) in [6.45, 7) is 3.60. The first-order valence-corrected chi connectivity index (χ1v) is 6.27. The van der Waals surface area contributed by atoms with E-state index in [1.165, 1.54) is 6.92 Å². The molecule has 0 radical (unpaired) electrons. The molecule has 0 N–H and O–H groups in total. The molecule has 1 saturated carbocycles. The minimum Gasteiger partial charge on any atom is -0.461 e. The highest BCUT2D eigenvalue weighted by atomic mass is 19.3. The Morgan fingerprint density at radius 2 is 1.94 bits per heavy atom. The summed E-state index contributed by atoms with van der Waals surface area (Å²) in [5, 5.41) is 0. The van der Waals surface area contributed by atoms with Gasteiger partial charge in [-0.05, 0) is 32.1 Å². The molecule has 1 aliphatic rings. The third kappa shape index (κ3) is 3.65. The molecule has 18 heavy (non-hydrogen) atoms. The Morgan fingerprint density at radius 3 is 2.39 bits per heavy atom. The number of halogens is 2. The normalized spacial score (nSPS) is 15.3. The van der Waals surface area contributed by atoms with E-state index in [4.69, 9.17) is 0 Å². The Hall–Kier alpha value is -1.20. The van der Waals surface area contributed by atoms with Crippen LogP contribution in [0.5, 0.6) is 0 Å². The lowest BCUT2D eigenvalue weighted by Gasteiger charge is -2.25. The largest absolute Gasteiger partial charge is 0.461 e. The van der Waals surface area contributed by atoms with E-state index in [1.54, 1.807) is 6.92 Å². The Morgan fingerprint density at radius 1 is 1.33 bits per heavy atom. The Kier molecular flexibility index (Phi) is 5.04. The second kappa shape index (κ2) is 6.11. The highest BCUT2D eigenvalue weighted by Gasteiger charge is 2.51. The van der Waals surface area contributed by atoms with Crippen LogP contribution in [0.25, 0.3) is 0 Å². The lowest BCUT2D eigenvalue weighted by Crippen LogP contribution is -2.50. The number of hydrogen-bond donors (Lipinski definition) is 0. The van der Waals surface area contributed by atoms with E-state index < -0.39 is 17.8 Å². The Labute approximate surface area is 105 Å². The lowest BCUT2D eigenvalue weighted by atomic mass is 10.2. The zero-order chi connectivity index (χ0) is 13.8. The van der Waals surface area contributed by atoms with Crippen LogP contribution in [0.2, 0.25) is 0 Å². The predicted molar refractivity (Wildman–Crippen MR) is 61.2 cm³/mol. The third-order valence-corrected chi connectivity index (χ3v) is 2.76. The van der Waals surface area contributed by atoms with Gasteiger partial charge >= 0.3 is 17.8 Å². The predicted octanol–water partition coefficient (Wildman–Crippen LogP) is 1.83. The molecule has 0 heterocycles. The number of amides is 1. The van der Waals surface area contributed by atoms with Crippen molar-refractivity contribution in [3.8, 4) is 0 Å². The quantitative estimate of drug-likeness (QED) is 0.520. The van der Waals surface area contributed by atoms with Gasteiger partial charge in [0.25, 0.3) is 0 Å². The first-order chi connectivity index (χ1) is 8.43. The van der Waals surface area contributed by atoms with Crippen molar-refractivity contribution in [2.75, 3.05) is 19.7 Å². The maximum atomic E-state index is 13.6. The summed E-state index contributed by atoms with van der Waals surface area (Å²) < 4.78 is 31.4. The molecule has 1 fully saturated rings. The van der Waals surface area contributed by atoms with Crippen molar-refractivity contribution in [1.29, 1.82) is 0 Å². The van der Waals surface area contributed by atoms with E-state index in [0.717, 1.165) is 17.7 Å². The second-order valence-electron chi connectivity index (χ2n) is 4.49. The summed E-state index contributed by atoms with van der Waals surface area (Å²) in [6.07, 6.45) is 2.49. The average molecular weight is 263 g/mol. The molecule has 0 aliphatic heterocycles.